The normalized spacial score (nSPS) is 13.8. The number of aliphatic carboxylic acids is 1. The van der Waals surface area contributed by atoms with Crippen LogP contribution in [0.4, 0.5) is 0 Å². The summed E-state index contributed by atoms with van der Waals surface area (Å²) in [5, 5.41) is 9.41. The van der Waals surface area contributed by atoms with Crippen molar-refractivity contribution in [2.45, 2.75) is 26.2 Å². The Hall–Kier alpha value is -2.24. The van der Waals surface area contributed by atoms with Crippen molar-refractivity contribution in [1.82, 2.24) is 4.90 Å². The lowest BCUT2D eigenvalue weighted by Gasteiger charge is -2.21. The lowest BCUT2D eigenvalue weighted by atomic mass is 9.94. The predicted octanol–water partition coefficient (Wildman–Crippen LogP) is 1.84. The minimum Gasteiger partial charge on any atom is -0.481 e. The van der Waals surface area contributed by atoms with Crippen LogP contribution < -0.4 is 9.47 Å². The van der Waals surface area contributed by atoms with Crippen LogP contribution in [0.15, 0.2) is 18.2 Å². The molecular weight excluding hydrogens is 274 g/mol. The third-order valence-electron chi connectivity index (χ3n) is 3.59. The molecule has 0 aromatic heterocycles. The topological polar surface area (TPSA) is 76.1 Å². The van der Waals surface area contributed by atoms with Gasteiger partial charge in [-0.15, -0.1) is 0 Å². The molecule has 1 heterocycles. The Morgan fingerprint density at radius 1 is 1.24 bits per heavy atom. The van der Waals surface area contributed by atoms with Gasteiger partial charge in [0, 0.05) is 19.5 Å². The summed E-state index contributed by atoms with van der Waals surface area (Å²) in [4.78, 5) is 25.3. The number of nitrogens with zero attached hydrogens (tertiary/aromatic N) is 1. The highest BCUT2D eigenvalue weighted by molar-refractivity contribution is 5.86. The molecule has 2 rings (SSSR count). The van der Waals surface area contributed by atoms with Gasteiger partial charge in [-0.05, 0) is 31.5 Å². The molecule has 0 fully saturated rings. The maximum atomic E-state index is 12.1. The third kappa shape index (κ3) is 3.26. The van der Waals surface area contributed by atoms with E-state index in [1.807, 2.05) is 13.8 Å². The second-order valence-electron chi connectivity index (χ2n) is 4.77. The van der Waals surface area contributed by atoms with Gasteiger partial charge < -0.3 is 19.5 Å². The first kappa shape index (κ1) is 15.2. The molecule has 114 valence electrons. The Bertz CT molecular complexity index is 539. The van der Waals surface area contributed by atoms with Crippen LogP contribution in [0, 0.1) is 0 Å². The van der Waals surface area contributed by atoms with E-state index in [0.717, 1.165) is 0 Å². The molecule has 0 saturated carbocycles. The fourth-order valence-corrected chi connectivity index (χ4v) is 2.36. The number of carboxylic acid groups (broad SMARTS) is 1. The highest BCUT2D eigenvalue weighted by Gasteiger charge is 2.27. The van der Waals surface area contributed by atoms with Crippen LogP contribution in [0.1, 0.15) is 31.7 Å². The molecular formula is C15H19NO5. The fraction of sp³-hybridized carbons (Fsp3) is 0.467. The molecule has 0 spiro atoms. The SMILES string of the molecule is CCN(CC)C(=O)CC(C(=O)O)c1ccc2c(c1)OCO2. The van der Waals surface area contributed by atoms with Crippen molar-refractivity contribution in [1.29, 1.82) is 0 Å². The lowest BCUT2D eigenvalue weighted by Crippen LogP contribution is -2.32. The van der Waals surface area contributed by atoms with E-state index in [2.05, 4.69) is 0 Å². The molecule has 0 saturated heterocycles. The van der Waals surface area contributed by atoms with Gasteiger partial charge in [0.25, 0.3) is 0 Å². The minimum absolute atomic E-state index is 0.0589. The molecule has 6 heteroatoms. The maximum absolute atomic E-state index is 12.1. The highest BCUT2D eigenvalue weighted by atomic mass is 16.7. The second-order valence-corrected chi connectivity index (χ2v) is 4.77. The minimum atomic E-state index is -1.02. The van der Waals surface area contributed by atoms with Gasteiger partial charge in [-0.25, -0.2) is 0 Å². The summed E-state index contributed by atoms with van der Waals surface area (Å²) < 4.78 is 10.5. The number of carbonyl (C=O) groups excluding carboxylic acids is 1. The van der Waals surface area contributed by atoms with E-state index in [4.69, 9.17) is 9.47 Å². The lowest BCUT2D eigenvalue weighted by molar-refractivity contribution is -0.142. The van der Waals surface area contributed by atoms with Crippen molar-refractivity contribution in [2.24, 2.45) is 0 Å². The van der Waals surface area contributed by atoms with E-state index < -0.39 is 11.9 Å². The van der Waals surface area contributed by atoms with Crippen LogP contribution in [0.5, 0.6) is 11.5 Å². The molecule has 1 unspecified atom stereocenters. The predicted molar refractivity (Wildman–Crippen MR) is 75.5 cm³/mol. The Balaban J connectivity index is 2.19. The number of fused-ring (bicyclic) bond motifs is 1. The second kappa shape index (κ2) is 6.47. The molecule has 1 N–H and O–H groups in total. The summed E-state index contributed by atoms with van der Waals surface area (Å²) in [5.74, 6) is -0.945. The largest absolute Gasteiger partial charge is 0.481 e. The molecule has 6 nitrogen and oxygen atoms in total. The zero-order chi connectivity index (χ0) is 15.4. The number of hydrogen-bond donors (Lipinski definition) is 1. The summed E-state index contributed by atoms with van der Waals surface area (Å²) in [5.41, 5.74) is 0.548. The first-order chi connectivity index (χ1) is 10.1. The summed E-state index contributed by atoms with van der Waals surface area (Å²) in [6.07, 6.45) is -0.0589. The molecule has 1 aliphatic rings. The number of hydrogen-bond acceptors (Lipinski definition) is 4. The molecule has 21 heavy (non-hydrogen) atoms. The molecule has 1 aliphatic heterocycles. The van der Waals surface area contributed by atoms with E-state index in [9.17, 15) is 14.7 Å². The van der Waals surface area contributed by atoms with Gasteiger partial charge in [-0.1, -0.05) is 6.07 Å². The van der Waals surface area contributed by atoms with E-state index in [1.165, 1.54) is 0 Å². The fourth-order valence-electron chi connectivity index (χ4n) is 2.36. The van der Waals surface area contributed by atoms with Crippen molar-refractivity contribution >= 4 is 11.9 Å². The maximum Gasteiger partial charge on any atom is 0.311 e. The van der Waals surface area contributed by atoms with Crippen LogP contribution in [-0.4, -0.2) is 41.8 Å². The van der Waals surface area contributed by atoms with E-state index in [-0.39, 0.29) is 19.1 Å². The van der Waals surface area contributed by atoms with Crippen LogP contribution in [-0.2, 0) is 9.59 Å². The number of carboxylic acids is 1. The van der Waals surface area contributed by atoms with Crippen molar-refractivity contribution < 1.29 is 24.2 Å². The number of benzene rings is 1. The van der Waals surface area contributed by atoms with Crippen molar-refractivity contribution in [3.63, 3.8) is 0 Å². The molecule has 0 aliphatic carbocycles. The Labute approximate surface area is 123 Å². The number of carbonyl (C=O) groups is 2. The quantitative estimate of drug-likeness (QED) is 0.866. The molecule has 0 radical (unpaired) electrons. The number of amides is 1. The molecule has 1 amide bonds. The van der Waals surface area contributed by atoms with Crippen molar-refractivity contribution in [3.8, 4) is 11.5 Å². The zero-order valence-electron chi connectivity index (χ0n) is 12.2. The zero-order valence-corrected chi connectivity index (χ0v) is 12.2. The average Bonchev–Trinajstić information content (AvgIpc) is 2.93. The molecule has 1 aromatic rings. The van der Waals surface area contributed by atoms with Crippen molar-refractivity contribution in [2.75, 3.05) is 19.9 Å². The van der Waals surface area contributed by atoms with Gasteiger partial charge in [0.1, 0.15) is 0 Å². The third-order valence-corrected chi connectivity index (χ3v) is 3.59. The van der Waals surface area contributed by atoms with Crippen LogP contribution in [0.2, 0.25) is 0 Å². The number of ether oxygens (including phenoxy) is 2. The van der Waals surface area contributed by atoms with E-state index in [0.29, 0.717) is 30.2 Å². The summed E-state index contributed by atoms with van der Waals surface area (Å²) in [6, 6.07) is 4.98. The van der Waals surface area contributed by atoms with Gasteiger partial charge in [-0.2, -0.15) is 0 Å². The monoisotopic (exact) mass is 293 g/mol. The number of rotatable bonds is 6. The van der Waals surface area contributed by atoms with Gasteiger partial charge in [-0.3, -0.25) is 9.59 Å². The smallest absolute Gasteiger partial charge is 0.311 e. The van der Waals surface area contributed by atoms with Gasteiger partial charge in [0.05, 0.1) is 5.92 Å². The Morgan fingerprint density at radius 3 is 2.52 bits per heavy atom. The molecule has 1 atom stereocenters. The van der Waals surface area contributed by atoms with Gasteiger partial charge >= 0.3 is 5.97 Å². The molecule has 1 aromatic carbocycles. The summed E-state index contributed by atoms with van der Waals surface area (Å²) in [6.45, 7) is 5.02. The summed E-state index contributed by atoms with van der Waals surface area (Å²) >= 11 is 0. The summed E-state index contributed by atoms with van der Waals surface area (Å²) in [7, 11) is 0. The Kier molecular flexibility index (Phi) is 4.67. The Morgan fingerprint density at radius 2 is 1.90 bits per heavy atom. The highest BCUT2D eigenvalue weighted by Crippen LogP contribution is 2.35. The van der Waals surface area contributed by atoms with Crippen LogP contribution in [0.25, 0.3) is 0 Å². The van der Waals surface area contributed by atoms with Gasteiger partial charge in [0.2, 0.25) is 12.7 Å². The molecule has 0 bridgehead atoms. The van der Waals surface area contributed by atoms with E-state index in [1.54, 1.807) is 23.1 Å². The first-order valence-corrected chi connectivity index (χ1v) is 6.96. The van der Waals surface area contributed by atoms with Crippen LogP contribution in [0.3, 0.4) is 0 Å². The van der Waals surface area contributed by atoms with Gasteiger partial charge in [0.15, 0.2) is 11.5 Å². The first-order valence-electron chi connectivity index (χ1n) is 6.96. The van der Waals surface area contributed by atoms with Crippen LogP contribution >= 0.6 is 0 Å². The average molecular weight is 293 g/mol. The van der Waals surface area contributed by atoms with Crippen molar-refractivity contribution in [3.05, 3.63) is 23.8 Å². The van der Waals surface area contributed by atoms with E-state index >= 15 is 0 Å². The standard InChI is InChI=1S/C15H19NO5/c1-3-16(4-2)14(17)8-11(15(18)19)10-5-6-12-13(7-10)21-9-20-12/h5-7,11H,3-4,8-9H2,1-2H3,(H,18,19).